The molecule has 8 nitrogen and oxygen atoms in total. The largest absolute Gasteiger partial charge is 0.387 e. The van der Waals surface area contributed by atoms with Crippen LogP contribution in [0.25, 0.3) is 0 Å². The highest BCUT2D eigenvalue weighted by molar-refractivity contribution is 7.89. The number of carbonyl (C=O) groups excluding carboxylic acids is 2. The highest BCUT2D eigenvalue weighted by Gasteiger charge is 2.33. The van der Waals surface area contributed by atoms with E-state index >= 15 is 0 Å². The first-order valence-electron chi connectivity index (χ1n) is 10.8. The molecule has 33 heavy (non-hydrogen) atoms. The van der Waals surface area contributed by atoms with Crippen molar-refractivity contribution in [2.75, 3.05) is 26.2 Å². The Morgan fingerprint density at radius 1 is 1.09 bits per heavy atom. The van der Waals surface area contributed by atoms with E-state index in [1.165, 1.54) is 16.4 Å². The minimum atomic E-state index is -3.82. The molecule has 0 unspecified atom stereocenters. The molecular weight excluding hydrogens is 449 g/mol. The maximum Gasteiger partial charge on any atom is 0.243 e. The van der Waals surface area contributed by atoms with Gasteiger partial charge in [-0.15, -0.1) is 0 Å². The third-order valence-corrected chi connectivity index (χ3v) is 7.41. The first-order chi connectivity index (χ1) is 15.8. The number of amides is 2. The standard InChI is InChI=1S/C23H28FN3O5S/c24-19-8-10-20(11-9-19)33(31,32)27-14-4-7-18(16-27)23(30)25-13-12-22(29)26-15-21(28)17-5-2-1-3-6-17/h1-3,5-6,8-11,18,21,28H,4,7,12-16H2,(H,25,30)(H,26,29)/t18-,21+/m1/s1. The number of halogens is 1. The van der Waals surface area contributed by atoms with E-state index in [0.717, 1.165) is 12.1 Å². The molecule has 3 N–H and O–H groups in total. The van der Waals surface area contributed by atoms with Gasteiger partial charge in [0.15, 0.2) is 0 Å². The molecule has 3 rings (SSSR count). The number of rotatable bonds is 9. The molecule has 0 spiro atoms. The van der Waals surface area contributed by atoms with Crippen LogP contribution in [-0.4, -0.2) is 55.8 Å². The van der Waals surface area contributed by atoms with Gasteiger partial charge in [-0.05, 0) is 42.7 Å². The molecule has 1 fully saturated rings. The number of hydrogen-bond donors (Lipinski definition) is 3. The minimum absolute atomic E-state index is 0.0145. The van der Waals surface area contributed by atoms with E-state index in [-0.39, 0.29) is 49.3 Å². The molecule has 0 aromatic heterocycles. The highest BCUT2D eigenvalue weighted by atomic mass is 32.2. The summed E-state index contributed by atoms with van der Waals surface area (Å²) in [4.78, 5) is 24.5. The fourth-order valence-corrected chi connectivity index (χ4v) is 5.19. The lowest BCUT2D eigenvalue weighted by molar-refractivity contribution is -0.126. The third-order valence-electron chi connectivity index (χ3n) is 5.53. The van der Waals surface area contributed by atoms with Crippen LogP contribution in [0.2, 0.25) is 0 Å². The maximum atomic E-state index is 13.1. The summed E-state index contributed by atoms with van der Waals surface area (Å²) < 4.78 is 40.0. The minimum Gasteiger partial charge on any atom is -0.387 e. The van der Waals surface area contributed by atoms with Gasteiger partial charge in [-0.1, -0.05) is 30.3 Å². The Hall–Kier alpha value is -2.82. The van der Waals surface area contributed by atoms with Crippen molar-refractivity contribution in [3.05, 3.63) is 66.0 Å². The maximum absolute atomic E-state index is 13.1. The smallest absolute Gasteiger partial charge is 0.243 e. The van der Waals surface area contributed by atoms with Gasteiger partial charge in [0.05, 0.1) is 16.9 Å². The second kappa shape index (κ2) is 11.4. The Morgan fingerprint density at radius 3 is 2.48 bits per heavy atom. The molecule has 1 heterocycles. The SMILES string of the molecule is O=C(CCNC(=O)[C@@H]1CCCN(S(=O)(=O)c2ccc(F)cc2)C1)NC[C@H](O)c1ccccc1. The number of carbonyl (C=O) groups is 2. The zero-order valence-electron chi connectivity index (χ0n) is 18.1. The summed E-state index contributed by atoms with van der Waals surface area (Å²) in [6, 6.07) is 13.6. The summed E-state index contributed by atoms with van der Waals surface area (Å²) in [6.07, 6.45) is 0.283. The van der Waals surface area contributed by atoms with Gasteiger partial charge < -0.3 is 15.7 Å². The summed E-state index contributed by atoms with van der Waals surface area (Å²) in [7, 11) is -3.82. The average Bonchev–Trinajstić information content (AvgIpc) is 2.83. The second-order valence-corrected chi connectivity index (χ2v) is 9.87. The Labute approximate surface area is 192 Å². The molecular formula is C23H28FN3O5S. The van der Waals surface area contributed by atoms with E-state index in [1.54, 1.807) is 24.3 Å². The molecule has 10 heteroatoms. The summed E-state index contributed by atoms with van der Waals surface area (Å²) in [5, 5.41) is 15.4. The number of piperidine rings is 1. The number of aliphatic hydroxyl groups excluding tert-OH is 1. The zero-order chi connectivity index (χ0) is 23.8. The summed E-state index contributed by atoms with van der Waals surface area (Å²) >= 11 is 0. The number of sulfonamides is 1. The second-order valence-electron chi connectivity index (χ2n) is 7.93. The van der Waals surface area contributed by atoms with Crippen molar-refractivity contribution in [3.8, 4) is 0 Å². The molecule has 1 aliphatic heterocycles. The van der Waals surface area contributed by atoms with Gasteiger partial charge in [-0.25, -0.2) is 12.8 Å². The lowest BCUT2D eigenvalue weighted by atomic mass is 9.99. The van der Waals surface area contributed by atoms with Crippen LogP contribution in [0.5, 0.6) is 0 Å². The predicted molar refractivity (Wildman–Crippen MR) is 120 cm³/mol. The van der Waals surface area contributed by atoms with Crippen LogP contribution in [0.3, 0.4) is 0 Å². The van der Waals surface area contributed by atoms with Gasteiger partial charge >= 0.3 is 0 Å². The van der Waals surface area contributed by atoms with Gasteiger partial charge in [0.2, 0.25) is 21.8 Å². The van der Waals surface area contributed by atoms with Gasteiger partial charge in [-0.3, -0.25) is 9.59 Å². The molecule has 2 aromatic carbocycles. The predicted octanol–water partition coefficient (Wildman–Crippen LogP) is 1.58. The summed E-state index contributed by atoms with van der Waals surface area (Å²) in [6.45, 7) is 0.486. The molecule has 2 amide bonds. The quantitative estimate of drug-likeness (QED) is 0.507. The van der Waals surface area contributed by atoms with Crippen LogP contribution in [0.1, 0.15) is 30.9 Å². The molecule has 0 radical (unpaired) electrons. The first kappa shape index (κ1) is 24.8. The van der Waals surface area contributed by atoms with Crippen LogP contribution >= 0.6 is 0 Å². The van der Waals surface area contributed by atoms with E-state index in [4.69, 9.17) is 0 Å². The number of nitrogens with one attached hydrogen (secondary N) is 2. The summed E-state index contributed by atoms with van der Waals surface area (Å²) in [5.41, 5.74) is 0.698. The van der Waals surface area contributed by atoms with Crippen molar-refractivity contribution >= 4 is 21.8 Å². The van der Waals surface area contributed by atoms with Gasteiger partial charge in [0, 0.05) is 32.6 Å². The fraction of sp³-hybridized carbons (Fsp3) is 0.391. The van der Waals surface area contributed by atoms with Gasteiger partial charge in [0.25, 0.3) is 0 Å². The monoisotopic (exact) mass is 477 g/mol. The van der Waals surface area contributed by atoms with Crippen LogP contribution in [0.15, 0.2) is 59.5 Å². The molecule has 0 aliphatic carbocycles. The first-order valence-corrected chi connectivity index (χ1v) is 12.2. The van der Waals surface area contributed by atoms with E-state index in [2.05, 4.69) is 10.6 Å². The van der Waals surface area contributed by atoms with Crippen molar-refractivity contribution in [2.45, 2.75) is 30.3 Å². The zero-order valence-corrected chi connectivity index (χ0v) is 18.9. The highest BCUT2D eigenvalue weighted by Crippen LogP contribution is 2.24. The molecule has 178 valence electrons. The number of aliphatic hydroxyl groups is 1. The molecule has 0 bridgehead atoms. The molecule has 1 aliphatic rings. The lowest BCUT2D eigenvalue weighted by Crippen LogP contribution is -2.45. The Bertz CT molecular complexity index is 1050. The molecule has 0 saturated carbocycles. The topological polar surface area (TPSA) is 116 Å². The van der Waals surface area contributed by atoms with Crippen molar-refractivity contribution in [3.63, 3.8) is 0 Å². The summed E-state index contributed by atoms with van der Waals surface area (Å²) in [5.74, 6) is -1.68. The van der Waals surface area contributed by atoms with Gasteiger partial charge in [-0.2, -0.15) is 4.31 Å². The third kappa shape index (κ3) is 6.83. The number of hydrogen-bond acceptors (Lipinski definition) is 5. The van der Waals surface area contributed by atoms with Crippen molar-refractivity contribution < 1.29 is 27.5 Å². The van der Waals surface area contributed by atoms with Gasteiger partial charge in [0.1, 0.15) is 5.82 Å². The number of nitrogens with zero attached hydrogens (tertiary/aromatic N) is 1. The normalized spacial score (nSPS) is 17.8. The Kier molecular flexibility index (Phi) is 8.54. The van der Waals surface area contributed by atoms with Crippen LogP contribution in [-0.2, 0) is 19.6 Å². The van der Waals surface area contributed by atoms with Crippen molar-refractivity contribution in [2.24, 2.45) is 5.92 Å². The average molecular weight is 478 g/mol. The van der Waals surface area contributed by atoms with E-state index < -0.39 is 27.9 Å². The van der Waals surface area contributed by atoms with Crippen LogP contribution < -0.4 is 10.6 Å². The fourth-order valence-electron chi connectivity index (χ4n) is 3.67. The Balaban J connectivity index is 1.43. The van der Waals surface area contributed by atoms with E-state index in [1.807, 2.05) is 6.07 Å². The molecule has 2 aromatic rings. The number of benzene rings is 2. The molecule has 1 saturated heterocycles. The van der Waals surface area contributed by atoms with E-state index in [9.17, 15) is 27.5 Å². The molecule has 2 atom stereocenters. The van der Waals surface area contributed by atoms with Crippen LogP contribution in [0, 0.1) is 11.7 Å². The lowest BCUT2D eigenvalue weighted by Gasteiger charge is -2.31. The van der Waals surface area contributed by atoms with Crippen molar-refractivity contribution in [1.29, 1.82) is 0 Å². The van der Waals surface area contributed by atoms with Crippen molar-refractivity contribution in [1.82, 2.24) is 14.9 Å². The van der Waals surface area contributed by atoms with Crippen LogP contribution in [0.4, 0.5) is 4.39 Å². The van der Waals surface area contributed by atoms with E-state index in [0.29, 0.717) is 18.4 Å². The Morgan fingerprint density at radius 2 is 1.79 bits per heavy atom.